The maximum absolute atomic E-state index is 11.1. The van der Waals surface area contributed by atoms with E-state index < -0.39 is 11.9 Å². The fourth-order valence-electron chi connectivity index (χ4n) is 1.60. The first-order valence-electron chi connectivity index (χ1n) is 5.58. The van der Waals surface area contributed by atoms with Crippen LogP contribution in [0.4, 0.5) is 0 Å². The molecule has 6 nitrogen and oxygen atoms in total. The lowest BCUT2D eigenvalue weighted by Crippen LogP contribution is -2.10. The smallest absolute Gasteiger partial charge is 0.308 e. The summed E-state index contributed by atoms with van der Waals surface area (Å²) in [6, 6.07) is 6.54. The molecule has 0 bridgehead atoms. The Bertz CT molecular complexity index is 571. The highest BCUT2D eigenvalue weighted by molar-refractivity contribution is 5.75. The van der Waals surface area contributed by atoms with Crippen molar-refractivity contribution in [2.24, 2.45) is 0 Å². The molecule has 1 heterocycles. The van der Waals surface area contributed by atoms with Gasteiger partial charge in [0.25, 0.3) is 0 Å². The molecule has 0 aliphatic rings. The molecule has 0 spiro atoms. The van der Waals surface area contributed by atoms with E-state index in [2.05, 4.69) is 5.10 Å². The van der Waals surface area contributed by atoms with Gasteiger partial charge in [-0.3, -0.25) is 9.59 Å². The van der Waals surface area contributed by atoms with Gasteiger partial charge in [-0.1, -0.05) is 6.07 Å². The van der Waals surface area contributed by atoms with Gasteiger partial charge in [-0.05, 0) is 18.2 Å². The summed E-state index contributed by atoms with van der Waals surface area (Å²) in [5.41, 5.74) is 0.401. The Morgan fingerprint density at radius 3 is 2.05 bits per heavy atom. The van der Waals surface area contributed by atoms with Crippen molar-refractivity contribution in [3.05, 3.63) is 36.7 Å². The Kier molecular flexibility index (Phi) is 3.61. The number of ether oxygens (including phenoxy) is 2. The van der Waals surface area contributed by atoms with Crippen molar-refractivity contribution in [2.45, 2.75) is 13.8 Å². The van der Waals surface area contributed by atoms with E-state index in [1.165, 1.54) is 18.5 Å². The third kappa shape index (κ3) is 2.98. The summed E-state index contributed by atoms with van der Waals surface area (Å²) in [5.74, 6) is -0.383. The standard InChI is InChI=1S/C13H12N2O4/c1-9(16)18-11-5-3-6-12(19-10(2)17)13(11)15-8-4-7-14-15/h3-8H,1-2H3. The fraction of sp³-hybridized carbons (Fsp3) is 0.154. The lowest BCUT2D eigenvalue weighted by atomic mass is 10.2. The Morgan fingerprint density at radius 2 is 1.63 bits per heavy atom. The minimum Gasteiger partial charge on any atom is -0.424 e. The van der Waals surface area contributed by atoms with Gasteiger partial charge < -0.3 is 9.47 Å². The lowest BCUT2D eigenvalue weighted by molar-refractivity contribution is -0.132. The number of esters is 2. The molecular formula is C13H12N2O4. The van der Waals surface area contributed by atoms with E-state index in [1.54, 1.807) is 36.7 Å². The molecule has 0 atom stereocenters. The minimum atomic E-state index is -0.464. The number of aromatic nitrogens is 2. The van der Waals surface area contributed by atoms with Crippen LogP contribution in [0.3, 0.4) is 0 Å². The molecule has 0 fully saturated rings. The molecule has 1 aromatic carbocycles. The molecule has 2 aromatic rings. The average molecular weight is 260 g/mol. The summed E-state index contributed by atoms with van der Waals surface area (Å²) in [6.45, 7) is 2.59. The number of carbonyl (C=O) groups is 2. The average Bonchev–Trinajstić information content (AvgIpc) is 2.81. The van der Waals surface area contributed by atoms with Crippen LogP contribution in [0.2, 0.25) is 0 Å². The molecular weight excluding hydrogens is 248 g/mol. The SMILES string of the molecule is CC(=O)Oc1cccc(OC(C)=O)c1-n1cccn1. The Labute approximate surface area is 109 Å². The highest BCUT2D eigenvalue weighted by atomic mass is 16.5. The summed E-state index contributed by atoms with van der Waals surface area (Å²) >= 11 is 0. The minimum absolute atomic E-state index is 0.273. The largest absolute Gasteiger partial charge is 0.424 e. The molecule has 0 aliphatic carbocycles. The van der Waals surface area contributed by atoms with Gasteiger partial charge in [0.05, 0.1) is 0 Å². The summed E-state index contributed by atoms with van der Waals surface area (Å²) in [4.78, 5) is 22.2. The normalized spacial score (nSPS) is 10.0. The molecule has 0 aliphatic heterocycles. The molecule has 2 rings (SSSR count). The van der Waals surface area contributed by atoms with E-state index in [0.29, 0.717) is 5.69 Å². The van der Waals surface area contributed by atoms with Crippen molar-refractivity contribution in [1.82, 2.24) is 9.78 Å². The molecule has 6 heteroatoms. The molecule has 1 aromatic heterocycles. The second kappa shape index (κ2) is 5.34. The van der Waals surface area contributed by atoms with Crippen molar-refractivity contribution in [3.63, 3.8) is 0 Å². The maximum atomic E-state index is 11.1. The zero-order valence-corrected chi connectivity index (χ0v) is 10.5. The van der Waals surface area contributed by atoms with Crippen LogP contribution in [-0.4, -0.2) is 21.7 Å². The zero-order chi connectivity index (χ0) is 13.8. The van der Waals surface area contributed by atoms with E-state index in [1.807, 2.05) is 0 Å². The highest BCUT2D eigenvalue weighted by Crippen LogP contribution is 2.32. The molecule has 98 valence electrons. The van der Waals surface area contributed by atoms with Gasteiger partial charge in [0, 0.05) is 26.2 Å². The van der Waals surface area contributed by atoms with Crippen LogP contribution in [0.1, 0.15) is 13.8 Å². The topological polar surface area (TPSA) is 70.4 Å². The van der Waals surface area contributed by atoms with Crippen LogP contribution in [0.15, 0.2) is 36.7 Å². The Balaban J connectivity index is 2.55. The first kappa shape index (κ1) is 12.8. The van der Waals surface area contributed by atoms with E-state index in [-0.39, 0.29) is 11.5 Å². The number of nitrogens with zero attached hydrogens (tertiary/aromatic N) is 2. The highest BCUT2D eigenvalue weighted by Gasteiger charge is 2.16. The Hall–Kier alpha value is -2.63. The molecule has 0 saturated heterocycles. The van der Waals surface area contributed by atoms with Crippen LogP contribution in [0.5, 0.6) is 11.5 Å². The van der Waals surface area contributed by atoms with Gasteiger partial charge in [-0.15, -0.1) is 0 Å². The van der Waals surface area contributed by atoms with E-state index in [0.717, 1.165) is 0 Å². The number of benzene rings is 1. The fourth-order valence-corrected chi connectivity index (χ4v) is 1.60. The van der Waals surface area contributed by atoms with Crippen LogP contribution in [-0.2, 0) is 9.59 Å². The summed E-state index contributed by atoms with van der Waals surface area (Å²) in [5, 5.41) is 4.06. The van der Waals surface area contributed by atoms with Gasteiger partial charge in [0.2, 0.25) is 0 Å². The molecule has 19 heavy (non-hydrogen) atoms. The molecule has 0 amide bonds. The quantitative estimate of drug-likeness (QED) is 0.620. The first-order chi connectivity index (χ1) is 9.08. The molecule has 0 N–H and O–H groups in total. The van der Waals surface area contributed by atoms with Crippen LogP contribution >= 0.6 is 0 Å². The van der Waals surface area contributed by atoms with Crippen LogP contribution < -0.4 is 9.47 Å². The van der Waals surface area contributed by atoms with E-state index >= 15 is 0 Å². The maximum Gasteiger partial charge on any atom is 0.308 e. The van der Waals surface area contributed by atoms with Gasteiger partial charge in [-0.2, -0.15) is 5.10 Å². The van der Waals surface area contributed by atoms with Crippen molar-refractivity contribution >= 4 is 11.9 Å². The summed E-state index contributed by atoms with van der Waals surface area (Å²) in [7, 11) is 0. The van der Waals surface area contributed by atoms with Crippen LogP contribution in [0.25, 0.3) is 5.69 Å². The van der Waals surface area contributed by atoms with E-state index in [9.17, 15) is 9.59 Å². The lowest BCUT2D eigenvalue weighted by Gasteiger charge is -2.13. The third-order valence-electron chi connectivity index (χ3n) is 2.20. The number of hydrogen-bond acceptors (Lipinski definition) is 5. The predicted octanol–water partition coefficient (Wildman–Crippen LogP) is 1.72. The van der Waals surface area contributed by atoms with Gasteiger partial charge in [-0.25, -0.2) is 4.68 Å². The molecule has 0 saturated carbocycles. The van der Waals surface area contributed by atoms with Crippen LogP contribution in [0, 0.1) is 0 Å². The third-order valence-corrected chi connectivity index (χ3v) is 2.20. The monoisotopic (exact) mass is 260 g/mol. The van der Waals surface area contributed by atoms with Crippen molar-refractivity contribution in [1.29, 1.82) is 0 Å². The van der Waals surface area contributed by atoms with Gasteiger partial charge in [0.1, 0.15) is 5.69 Å². The second-order valence-corrected chi connectivity index (χ2v) is 3.74. The first-order valence-corrected chi connectivity index (χ1v) is 5.58. The number of carbonyl (C=O) groups excluding carboxylic acids is 2. The molecule has 0 unspecified atom stereocenters. The van der Waals surface area contributed by atoms with E-state index in [4.69, 9.17) is 9.47 Å². The molecule has 0 radical (unpaired) electrons. The van der Waals surface area contributed by atoms with Crippen molar-refractivity contribution < 1.29 is 19.1 Å². The summed E-state index contributed by atoms with van der Waals surface area (Å²) in [6.07, 6.45) is 3.23. The van der Waals surface area contributed by atoms with Gasteiger partial charge in [0.15, 0.2) is 11.5 Å². The van der Waals surface area contributed by atoms with Crippen molar-refractivity contribution in [3.8, 4) is 17.2 Å². The zero-order valence-electron chi connectivity index (χ0n) is 10.5. The summed E-state index contributed by atoms with van der Waals surface area (Å²) < 4.78 is 11.7. The van der Waals surface area contributed by atoms with Gasteiger partial charge >= 0.3 is 11.9 Å². The predicted molar refractivity (Wildman–Crippen MR) is 66.2 cm³/mol. The Morgan fingerprint density at radius 1 is 1.05 bits per heavy atom. The second-order valence-electron chi connectivity index (χ2n) is 3.74. The number of hydrogen-bond donors (Lipinski definition) is 0. The number of rotatable bonds is 3. The van der Waals surface area contributed by atoms with Crippen molar-refractivity contribution in [2.75, 3.05) is 0 Å². The number of para-hydroxylation sites is 1.